The molecule has 0 aromatic carbocycles. The van der Waals surface area contributed by atoms with Crippen LogP contribution in [0.3, 0.4) is 0 Å². The van der Waals surface area contributed by atoms with Gasteiger partial charge >= 0.3 is 5.97 Å². The quantitative estimate of drug-likeness (QED) is 0.869. The average molecular weight is 288 g/mol. The van der Waals surface area contributed by atoms with Gasteiger partial charge in [-0.2, -0.15) is 0 Å². The first-order valence-electron chi connectivity index (χ1n) is 6.29. The molecule has 2 bridgehead atoms. The van der Waals surface area contributed by atoms with Crippen LogP contribution in [0.25, 0.3) is 0 Å². The summed E-state index contributed by atoms with van der Waals surface area (Å²) in [5.74, 6) is -0.107. The van der Waals surface area contributed by atoms with Gasteiger partial charge in [0.2, 0.25) is 0 Å². The summed E-state index contributed by atoms with van der Waals surface area (Å²) in [4.78, 5) is 14.1. The highest BCUT2D eigenvalue weighted by molar-refractivity contribution is 7.12. The number of esters is 1. The molecular weight excluding hydrogens is 270 g/mol. The fraction of sp³-hybridized carbons (Fsp3) is 0.615. The molecule has 2 aliphatic heterocycles. The minimum absolute atomic E-state index is 0. The van der Waals surface area contributed by atoms with Crippen LogP contribution >= 0.6 is 23.7 Å². The van der Waals surface area contributed by atoms with E-state index in [0.29, 0.717) is 25.1 Å². The third-order valence-corrected chi connectivity index (χ3v) is 4.74. The van der Waals surface area contributed by atoms with E-state index in [9.17, 15) is 4.79 Å². The molecule has 2 aliphatic rings. The van der Waals surface area contributed by atoms with E-state index in [1.807, 2.05) is 6.92 Å². The third kappa shape index (κ3) is 2.56. The lowest BCUT2D eigenvalue weighted by atomic mass is 10.0. The summed E-state index contributed by atoms with van der Waals surface area (Å²) in [5.41, 5.74) is 1.43. The first-order chi connectivity index (χ1) is 8.26. The summed E-state index contributed by atoms with van der Waals surface area (Å²) < 4.78 is 4.99. The monoisotopic (exact) mass is 287 g/mol. The summed E-state index contributed by atoms with van der Waals surface area (Å²) >= 11 is 1.80. The van der Waals surface area contributed by atoms with E-state index < -0.39 is 0 Å². The molecule has 1 saturated heterocycles. The van der Waals surface area contributed by atoms with Crippen molar-refractivity contribution in [1.29, 1.82) is 0 Å². The first-order valence-corrected chi connectivity index (χ1v) is 7.11. The Hall–Kier alpha value is -0.580. The van der Waals surface area contributed by atoms with E-state index in [4.69, 9.17) is 4.74 Å². The standard InChI is InChI=1S/C13H17NO2S.ClH/c1-2-16-13(15)7-9-6-10-11-4-3-8(14-11)5-12(10)17-9;/h6,8,11,14H,2-5,7H2,1H3;1H. The molecule has 3 rings (SSSR count). The zero-order valence-electron chi connectivity index (χ0n) is 10.4. The molecule has 0 aliphatic carbocycles. The molecule has 1 N–H and O–H groups in total. The van der Waals surface area contributed by atoms with Crippen molar-refractivity contribution in [1.82, 2.24) is 5.32 Å². The molecule has 3 heterocycles. The van der Waals surface area contributed by atoms with Crippen LogP contribution in [0.4, 0.5) is 0 Å². The smallest absolute Gasteiger partial charge is 0.311 e. The number of hydrogen-bond donors (Lipinski definition) is 1. The minimum Gasteiger partial charge on any atom is -0.466 e. The lowest BCUT2D eigenvalue weighted by molar-refractivity contribution is -0.142. The van der Waals surface area contributed by atoms with Crippen LogP contribution in [0.2, 0.25) is 0 Å². The van der Waals surface area contributed by atoms with Crippen molar-refractivity contribution in [2.75, 3.05) is 6.61 Å². The lowest BCUT2D eigenvalue weighted by Gasteiger charge is -2.20. The molecule has 2 atom stereocenters. The van der Waals surface area contributed by atoms with E-state index in [1.54, 1.807) is 11.3 Å². The van der Waals surface area contributed by atoms with Crippen LogP contribution < -0.4 is 5.32 Å². The second-order valence-electron chi connectivity index (χ2n) is 4.77. The third-order valence-electron chi connectivity index (χ3n) is 3.56. The molecule has 0 radical (unpaired) electrons. The number of rotatable bonds is 3. The van der Waals surface area contributed by atoms with Crippen LogP contribution in [0.15, 0.2) is 6.07 Å². The fourth-order valence-corrected chi connectivity index (χ4v) is 4.14. The number of nitrogens with one attached hydrogen (secondary N) is 1. The Bertz CT molecular complexity index is 446. The van der Waals surface area contributed by atoms with E-state index in [-0.39, 0.29) is 18.4 Å². The normalized spacial score (nSPS) is 24.3. The number of thiophene rings is 1. The van der Waals surface area contributed by atoms with Gasteiger partial charge in [0.1, 0.15) is 0 Å². The maximum atomic E-state index is 11.5. The summed E-state index contributed by atoms with van der Waals surface area (Å²) in [6.07, 6.45) is 4.11. The second-order valence-corrected chi connectivity index (χ2v) is 5.99. The van der Waals surface area contributed by atoms with Gasteiger partial charge in [0.15, 0.2) is 0 Å². The average Bonchev–Trinajstić information content (AvgIpc) is 2.85. The maximum absolute atomic E-state index is 11.5. The summed E-state index contributed by atoms with van der Waals surface area (Å²) in [6.45, 7) is 2.32. The number of hydrogen-bond acceptors (Lipinski definition) is 4. The fourth-order valence-electron chi connectivity index (χ4n) is 2.85. The van der Waals surface area contributed by atoms with Crippen LogP contribution in [0, 0.1) is 0 Å². The van der Waals surface area contributed by atoms with Crippen molar-refractivity contribution in [2.24, 2.45) is 0 Å². The molecule has 0 amide bonds. The van der Waals surface area contributed by atoms with Gasteiger partial charge in [-0.1, -0.05) is 0 Å². The number of fused-ring (bicyclic) bond motifs is 4. The van der Waals surface area contributed by atoms with Gasteiger partial charge in [0, 0.05) is 21.8 Å². The van der Waals surface area contributed by atoms with Crippen LogP contribution in [0.1, 0.15) is 41.1 Å². The van der Waals surface area contributed by atoms with Gasteiger partial charge < -0.3 is 10.1 Å². The first kappa shape index (κ1) is 13.8. The van der Waals surface area contributed by atoms with E-state index >= 15 is 0 Å². The second kappa shape index (κ2) is 5.59. The van der Waals surface area contributed by atoms with Gasteiger partial charge in [-0.3, -0.25) is 4.79 Å². The molecular formula is C13H18ClNO2S. The molecule has 5 heteroatoms. The highest BCUT2D eigenvalue weighted by Crippen LogP contribution is 2.40. The Morgan fingerprint density at radius 2 is 2.39 bits per heavy atom. The Labute approximate surface area is 117 Å². The van der Waals surface area contributed by atoms with Crippen molar-refractivity contribution in [3.63, 3.8) is 0 Å². The predicted octanol–water partition coefficient (Wildman–Crippen LogP) is 2.62. The zero-order chi connectivity index (χ0) is 11.8. The Balaban J connectivity index is 0.00000120. The molecule has 1 aromatic heterocycles. The molecule has 1 fully saturated rings. The topological polar surface area (TPSA) is 38.3 Å². The minimum atomic E-state index is -0.107. The van der Waals surface area contributed by atoms with Crippen molar-refractivity contribution in [3.05, 3.63) is 21.4 Å². The van der Waals surface area contributed by atoms with E-state index in [2.05, 4.69) is 11.4 Å². The van der Waals surface area contributed by atoms with Crippen molar-refractivity contribution < 1.29 is 9.53 Å². The lowest BCUT2D eigenvalue weighted by Crippen LogP contribution is -2.30. The maximum Gasteiger partial charge on any atom is 0.311 e. The molecule has 3 nitrogen and oxygen atoms in total. The molecule has 0 saturated carbocycles. The van der Waals surface area contributed by atoms with Gasteiger partial charge in [-0.05, 0) is 37.8 Å². The Morgan fingerprint density at radius 3 is 3.17 bits per heavy atom. The molecule has 100 valence electrons. The molecule has 18 heavy (non-hydrogen) atoms. The van der Waals surface area contributed by atoms with Gasteiger partial charge in [-0.25, -0.2) is 0 Å². The number of halogens is 1. The zero-order valence-corrected chi connectivity index (χ0v) is 12.0. The highest BCUT2D eigenvalue weighted by Gasteiger charge is 2.33. The predicted molar refractivity (Wildman–Crippen MR) is 74.5 cm³/mol. The number of carbonyl (C=O) groups excluding carboxylic acids is 1. The largest absolute Gasteiger partial charge is 0.466 e. The molecule has 2 unspecified atom stereocenters. The molecule has 0 spiro atoms. The number of ether oxygens (including phenoxy) is 1. The summed E-state index contributed by atoms with van der Waals surface area (Å²) in [5, 5.41) is 3.63. The van der Waals surface area contributed by atoms with Gasteiger partial charge in [-0.15, -0.1) is 23.7 Å². The van der Waals surface area contributed by atoms with Gasteiger partial charge in [0.05, 0.1) is 13.0 Å². The SMILES string of the molecule is CCOC(=O)Cc1cc2c(s1)CC1CCC2N1.Cl. The van der Waals surface area contributed by atoms with E-state index in [1.165, 1.54) is 23.3 Å². The number of carbonyl (C=O) groups is 1. The summed E-state index contributed by atoms with van der Waals surface area (Å²) in [6, 6.07) is 3.41. The van der Waals surface area contributed by atoms with E-state index in [0.717, 1.165) is 11.3 Å². The van der Waals surface area contributed by atoms with Crippen molar-refractivity contribution >= 4 is 29.7 Å². The Kier molecular flexibility index (Phi) is 4.30. The Morgan fingerprint density at radius 1 is 1.56 bits per heavy atom. The van der Waals surface area contributed by atoms with Gasteiger partial charge in [0.25, 0.3) is 0 Å². The highest BCUT2D eigenvalue weighted by atomic mass is 35.5. The van der Waals surface area contributed by atoms with Crippen molar-refractivity contribution in [3.8, 4) is 0 Å². The van der Waals surface area contributed by atoms with Crippen LogP contribution in [-0.2, 0) is 22.4 Å². The van der Waals surface area contributed by atoms with Crippen LogP contribution in [0.5, 0.6) is 0 Å². The summed E-state index contributed by atoms with van der Waals surface area (Å²) in [7, 11) is 0. The van der Waals surface area contributed by atoms with Crippen molar-refractivity contribution in [2.45, 2.75) is 44.7 Å². The molecule has 1 aromatic rings. The van der Waals surface area contributed by atoms with Crippen LogP contribution in [-0.4, -0.2) is 18.6 Å².